The molecule has 0 amide bonds. The molecule has 1 unspecified atom stereocenters. The molecule has 1 heterocycles. The number of hydrogen-bond acceptors (Lipinski definition) is 3. The van der Waals surface area contributed by atoms with Crippen molar-refractivity contribution in [1.29, 1.82) is 5.41 Å². The number of hydrogen-bond donors (Lipinski definition) is 2. The van der Waals surface area contributed by atoms with Crippen LogP contribution in [-0.4, -0.2) is 18.6 Å². The van der Waals surface area contributed by atoms with Crippen LogP contribution in [0.3, 0.4) is 0 Å². The van der Waals surface area contributed by atoms with Gasteiger partial charge in [-0.2, -0.15) is 0 Å². The molecule has 0 spiro atoms. The molecule has 2 N–H and O–H groups in total. The van der Waals surface area contributed by atoms with Crippen molar-refractivity contribution in [2.24, 2.45) is 4.99 Å². The van der Waals surface area contributed by atoms with Crippen LogP contribution in [0, 0.1) is 5.41 Å². The predicted octanol–water partition coefficient (Wildman–Crippen LogP) is 0.930. The number of rotatable bonds is 1. The maximum absolute atomic E-state index is 7.06. The van der Waals surface area contributed by atoms with Gasteiger partial charge in [0.2, 0.25) is 0 Å². The molecular weight excluding hydrogens is 126 g/mol. The second kappa shape index (κ2) is 2.64. The van der Waals surface area contributed by atoms with E-state index in [0.29, 0.717) is 0 Å². The first-order valence-corrected chi connectivity index (χ1v) is 3.25. The molecule has 1 aliphatic rings. The topological polar surface area (TPSA) is 48.2 Å². The lowest BCUT2D eigenvalue weighted by Gasteiger charge is -2.17. The van der Waals surface area contributed by atoms with Crippen LogP contribution in [0.1, 0.15) is 13.8 Å². The van der Waals surface area contributed by atoms with Crippen LogP contribution in [0.25, 0.3) is 0 Å². The number of allylic oxidation sites excluding steroid dienone is 1. The summed E-state index contributed by atoms with van der Waals surface area (Å²) in [7, 11) is 0. The van der Waals surface area contributed by atoms with Gasteiger partial charge < -0.3 is 10.7 Å². The lowest BCUT2D eigenvalue weighted by Crippen LogP contribution is -2.30. The van der Waals surface area contributed by atoms with E-state index in [1.54, 1.807) is 6.34 Å². The molecule has 1 rings (SSSR count). The first kappa shape index (κ1) is 6.99. The number of nitrogens with one attached hydrogen (secondary N) is 2. The third-order valence-electron chi connectivity index (χ3n) is 1.62. The molecule has 3 nitrogen and oxygen atoms in total. The molecule has 0 aromatic heterocycles. The zero-order chi connectivity index (χ0) is 7.56. The third kappa shape index (κ3) is 1.07. The molecule has 0 aromatic carbocycles. The molecule has 0 aliphatic carbocycles. The third-order valence-corrected chi connectivity index (χ3v) is 1.62. The van der Waals surface area contributed by atoms with E-state index in [1.165, 1.54) is 6.21 Å². The number of aliphatic imine (C=N–C) groups is 1. The summed E-state index contributed by atoms with van der Waals surface area (Å²) < 4.78 is 0. The SMILES string of the molecule is CC1=C(C=N)C(C)NC=N1. The maximum Gasteiger partial charge on any atom is 0.0887 e. The Balaban J connectivity index is 2.94. The van der Waals surface area contributed by atoms with E-state index >= 15 is 0 Å². The van der Waals surface area contributed by atoms with Gasteiger partial charge in [0.15, 0.2) is 0 Å². The van der Waals surface area contributed by atoms with Crippen molar-refractivity contribution < 1.29 is 0 Å². The fraction of sp³-hybridized carbons (Fsp3) is 0.429. The summed E-state index contributed by atoms with van der Waals surface area (Å²) in [6.45, 7) is 3.92. The van der Waals surface area contributed by atoms with Gasteiger partial charge in [-0.1, -0.05) is 0 Å². The Labute approximate surface area is 60.4 Å². The Bertz CT molecular complexity index is 203. The summed E-state index contributed by atoms with van der Waals surface area (Å²) in [5, 5.41) is 10.1. The van der Waals surface area contributed by atoms with Crippen molar-refractivity contribution >= 4 is 12.6 Å². The largest absolute Gasteiger partial charge is 0.369 e. The highest BCUT2D eigenvalue weighted by molar-refractivity contribution is 5.81. The van der Waals surface area contributed by atoms with E-state index in [9.17, 15) is 0 Å². The highest BCUT2D eigenvalue weighted by Crippen LogP contribution is 2.09. The van der Waals surface area contributed by atoms with Gasteiger partial charge in [-0.3, -0.25) is 0 Å². The lowest BCUT2D eigenvalue weighted by atomic mass is 10.1. The standard InChI is InChI=1S/C7H11N3/c1-5-7(3-8)6(2)10-4-9-5/h3-5,8H,1-2H3,(H,9,10). The molecule has 1 aliphatic heterocycles. The van der Waals surface area contributed by atoms with Crippen molar-refractivity contribution in [2.45, 2.75) is 19.9 Å². The Morgan fingerprint density at radius 3 is 2.90 bits per heavy atom. The van der Waals surface area contributed by atoms with E-state index in [4.69, 9.17) is 5.41 Å². The lowest BCUT2D eigenvalue weighted by molar-refractivity contribution is 0.771. The summed E-state index contributed by atoms with van der Waals surface area (Å²) in [4.78, 5) is 4.02. The van der Waals surface area contributed by atoms with Gasteiger partial charge in [-0.15, -0.1) is 0 Å². The van der Waals surface area contributed by atoms with Crippen LogP contribution < -0.4 is 5.32 Å². The molecule has 0 bridgehead atoms. The zero-order valence-electron chi connectivity index (χ0n) is 6.18. The van der Waals surface area contributed by atoms with Crippen molar-refractivity contribution in [3.63, 3.8) is 0 Å². The minimum Gasteiger partial charge on any atom is -0.369 e. The van der Waals surface area contributed by atoms with Gasteiger partial charge in [0.05, 0.1) is 12.4 Å². The van der Waals surface area contributed by atoms with Crippen LogP contribution in [0.2, 0.25) is 0 Å². The Morgan fingerprint density at radius 1 is 1.80 bits per heavy atom. The van der Waals surface area contributed by atoms with E-state index in [-0.39, 0.29) is 6.04 Å². The van der Waals surface area contributed by atoms with Crippen molar-refractivity contribution in [3.05, 3.63) is 11.3 Å². The normalized spacial score (nSPS) is 24.4. The molecular formula is C7H11N3. The fourth-order valence-electron chi connectivity index (χ4n) is 0.953. The van der Waals surface area contributed by atoms with E-state index in [0.717, 1.165) is 11.3 Å². The summed E-state index contributed by atoms with van der Waals surface area (Å²) in [5.41, 5.74) is 1.89. The van der Waals surface area contributed by atoms with E-state index in [2.05, 4.69) is 10.3 Å². The molecule has 0 saturated heterocycles. The molecule has 0 radical (unpaired) electrons. The Hall–Kier alpha value is -1.12. The van der Waals surface area contributed by atoms with Gasteiger partial charge in [0.1, 0.15) is 0 Å². The molecule has 0 saturated carbocycles. The fourth-order valence-corrected chi connectivity index (χ4v) is 0.953. The molecule has 1 atom stereocenters. The quantitative estimate of drug-likeness (QED) is 0.519. The summed E-state index contributed by atoms with van der Waals surface area (Å²) in [5.74, 6) is 0. The summed E-state index contributed by atoms with van der Waals surface area (Å²) in [6, 6.07) is 0.231. The van der Waals surface area contributed by atoms with Crippen LogP contribution in [0.15, 0.2) is 16.3 Å². The van der Waals surface area contributed by atoms with Crippen molar-refractivity contribution in [2.75, 3.05) is 0 Å². The average Bonchev–Trinajstić information content (AvgIpc) is 1.88. The van der Waals surface area contributed by atoms with Gasteiger partial charge in [-0.05, 0) is 13.8 Å². The number of nitrogens with zero attached hydrogens (tertiary/aromatic N) is 1. The van der Waals surface area contributed by atoms with Crippen LogP contribution >= 0.6 is 0 Å². The highest BCUT2D eigenvalue weighted by atomic mass is 15.0. The predicted molar refractivity (Wildman–Crippen MR) is 42.6 cm³/mol. The van der Waals surface area contributed by atoms with E-state index in [1.807, 2.05) is 13.8 Å². The van der Waals surface area contributed by atoms with Gasteiger partial charge in [0.25, 0.3) is 0 Å². The highest BCUT2D eigenvalue weighted by Gasteiger charge is 2.10. The van der Waals surface area contributed by atoms with Crippen molar-refractivity contribution in [1.82, 2.24) is 5.32 Å². The molecule has 0 fully saturated rings. The monoisotopic (exact) mass is 137 g/mol. The van der Waals surface area contributed by atoms with Crippen LogP contribution in [0.4, 0.5) is 0 Å². The average molecular weight is 137 g/mol. The summed E-state index contributed by atoms with van der Waals surface area (Å²) in [6.07, 6.45) is 3.02. The molecule has 0 aromatic rings. The second-order valence-electron chi connectivity index (χ2n) is 2.33. The Morgan fingerprint density at radius 2 is 2.50 bits per heavy atom. The minimum absolute atomic E-state index is 0.231. The second-order valence-corrected chi connectivity index (χ2v) is 2.33. The summed E-state index contributed by atoms with van der Waals surface area (Å²) >= 11 is 0. The molecule has 10 heavy (non-hydrogen) atoms. The van der Waals surface area contributed by atoms with Crippen LogP contribution in [0.5, 0.6) is 0 Å². The first-order chi connectivity index (χ1) is 4.75. The molecule has 54 valence electrons. The first-order valence-electron chi connectivity index (χ1n) is 3.25. The van der Waals surface area contributed by atoms with Gasteiger partial charge >= 0.3 is 0 Å². The van der Waals surface area contributed by atoms with Crippen LogP contribution in [-0.2, 0) is 0 Å². The minimum atomic E-state index is 0.231. The van der Waals surface area contributed by atoms with Crippen molar-refractivity contribution in [3.8, 4) is 0 Å². The van der Waals surface area contributed by atoms with Gasteiger partial charge in [-0.25, -0.2) is 4.99 Å². The zero-order valence-corrected chi connectivity index (χ0v) is 6.18. The van der Waals surface area contributed by atoms with Gasteiger partial charge in [0, 0.05) is 17.5 Å². The Kier molecular flexibility index (Phi) is 1.85. The van der Waals surface area contributed by atoms with E-state index < -0.39 is 0 Å². The smallest absolute Gasteiger partial charge is 0.0887 e. The maximum atomic E-state index is 7.06. The molecule has 3 heteroatoms.